The fourth-order valence-electron chi connectivity index (χ4n) is 3.10. The molecule has 1 N–H and O–H groups in total. The van der Waals surface area contributed by atoms with Crippen molar-refractivity contribution in [3.05, 3.63) is 95.1 Å². The van der Waals surface area contributed by atoms with E-state index in [2.05, 4.69) is 0 Å². The van der Waals surface area contributed by atoms with E-state index >= 15 is 0 Å². The molecule has 0 radical (unpaired) electrons. The van der Waals surface area contributed by atoms with Crippen LogP contribution in [0.5, 0.6) is 5.75 Å². The summed E-state index contributed by atoms with van der Waals surface area (Å²) < 4.78 is 33.7. The Balaban J connectivity index is 2.01. The number of hydrogen-bond donors (Lipinski definition) is 1. The van der Waals surface area contributed by atoms with E-state index in [0.717, 1.165) is 16.7 Å². The van der Waals surface area contributed by atoms with E-state index in [0.29, 0.717) is 5.75 Å². The highest BCUT2D eigenvalue weighted by molar-refractivity contribution is 7.89. The van der Waals surface area contributed by atoms with Gasteiger partial charge in [0, 0.05) is 18.7 Å². The quantitative estimate of drug-likeness (QED) is 0.588. The van der Waals surface area contributed by atoms with Gasteiger partial charge in [0.15, 0.2) is 0 Å². The lowest BCUT2D eigenvalue weighted by Crippen LogP contribution is -2.30. The number of aromatic carboxylic acids is 1. The van der Waals surface area contributed by atoms with Gasteiger partial charge in [0.1, 0.15) is 5.75 Å². The molecule has 0 aliphatic carbocycles. The molecule has 30 heavy (non-hydrogen) atoms. The molecule has 0 saturated heterocycles. The standard InChI is InChI=1S/C23H23NO5S/c1-17-8-9-20(22(14-17)29-2)16-24(15-18-6-4-3-5-7-18)30(27,28)21-12-10-19(11-13-21)23(25)26/h3-14H,15-16H2,1-2H3,(H,25,26). The minimum atomic E-state index is -3.89. The molecule has 0 fully saturated rings. The van der Waals surface area contributed by atoms with Gasteiger partial charge < -0.3 is 9.84 Å². The maximum absolute atomic E-state index is 13.4. The number of methoxy groups -OCH3 is 1. The molecular weight excluding hydrogens is 402 g/mol. The normalized spacial score (nSPS) is 11.4. The van der Waals surface area contributed by atoms with E-state index in [9.17, 15) is 13.2 Å². The third kappa shape index (κ3) is 4.87. The fraction of sp³-hybridized carbons (Fsp3) is 0.174. The van der Waals surface area contributed by atoms with Crippen LogP contribution in [-0.4, -0.2) is 30.9 Å². The summed E-state index contributed by atoms with van der Waals surface area (Å²) in [4.78, 5) is 11.1. The molecule has 0 heterocycles. The molecule has 3 aromatic rings. The van der Waals surface area contributed by atoms with Gasteiger partial charge in [-0.15, -0.1) is 0 Å². The van der Waals surface area contributed by atoms with Crippen molar-refractivity contribution in [1.29, 1.82) is 0 Å². The zero-order valence-corrected chi connectivity index (χ0v) is 17.6. The van der Waals surface area contributed by atoms with Crippen LogP contribution in [0.15, 0.2) is 77.7 Å². The number of carbonyl (C=O) groups is 1. The molecule has 0 atom stereocenters. The predicted octanol–water partition coefficient (Wildman–Crippen LogP) is 4.09. The van der Waals surface area contributed by atoms with Gasteiger partial charge in [0.2, 0.25) is 10.0 Å². The minimum Gasteiger partial charge on any atom is -0.496 e. The Kier molecular flexibility index (Phi) is 6.54. The Bertz CT molecular complexity index is 1130. The van der Waals surface area contributed by atoms with Gasteiger partial charge in [0.25, 0.3) is 0 Å². The summed E-state index contributed by atoms with van der Waals surface area (Å²) >= 11 is 0. The van der Waals surface area contributed by atoms with E-state index in [1.165, 1.54) is 28.6 Å². The summed E-state index contributed by atoms with van der Waals surface area (Å²) in [7, 11) is -2.34. The van der Waals surface area contributed by atoms with Crippen LogP contribution in [0.4, 0.5) is 0 Å². The largest absolute Gasteiger partial charge is 0.496 e. The number of aryl methyl sites for hydroxylation is 1. The van der Waals surface area contributed by atoms with Crippen LogP contribution < -0.4 is 4.74 Å². The van der Waals surface area contributed by atoms with Crippen molar-refractivity contribution < 1.29 is 23.1 Å². The van der Waals surface area contributed by atoms with Crippen LogP contribution >= 0.6 is 0 Å². The number of nitrogens with zero attached hydrogens (tertiary/aromatic N) is 1. The molecule has 0 unspecified atom stereocenters. The zero-order valence-electron chi connectivity index (χ0n) is 16.8. The van der Waals surface area contributed by atoms with Crippen molar-refractivity contribution in [2.24, 2.45) is 0 Å². The van der Waals surface area contributed by atoms with E-state index in [1.807, 2.05) is 55.5 Å². The Labute approximate surface area is 176 Å². The number of carboxylic acid groups (broad SMARTS) is 1. The van der Waals surface area contributed by atoms with Crippen LogP contribution in [0.1, 0.15) is 27.0 Å². The fourth-order valence-corrected chi connectivity index (χ4v) is 4.51. The van der Waals surface area contributed by atoms with E-state index < -0.39 is 16.0 Å². The summed E-state index contributed by atoms with van der Waals surface area (Å²) in [6.07, 6.45) is 0. The maximum atomic E-state index is 13.4. The van der Waals surface area contributed by atoms with Gasteiger partial charge in [0.05, 0.1) is 17.6 Å². The molecule has 0 aliphatic rings. The van der Waals surface area contributed by atoms with Crippen LogP contribution in [0.2, 0.25) is 0 Å². The summed E-state index contributed by atoms with van der Waals surface area (Å²) in [6.45, 7) is 2.22. The Morgan fingerprint density at radius 3 is 2.23 bits per heavy atom. The van der Waals surface area contributed by atoms with E-state index in [-0.39, 0.29) is 23.5 Å². The second-order valence-electron chi connectivity index (χ2n) is 6.90. The second-order valence-corrected chi connectivity index (χ2v) is 8.84. The van der Waals surface area contributed by atoms with Crippen molar-refractivity contribution in [3.63, 3.8) is 0 Å². The van der Waals surface area contributed by atoms with Crippen molar-refractivity contribution >= 4 is 16.0 Å². The SMILES string of the molecule is COc1cc(C)ccc1CN(Cc1ccccc1)S(=O)(=O)c1ccc(C(=O)O)cc1. The number of sulfonamides is 1. The van der Waals surface area contributed by atoms with Crippen molar-refractivity contribution in [1.82, 2.24) is 4.31 Å². The summed E-state index contributed by atoms with van der Waals surface area (Å²) in [5.74, 6) is -0.492. The number of hydrogen-bond acceptors (Lipinski definition) is 4. The first-order valence-electron chi connectivity index (χ1n) is 9.32. The molecule has 0 saturated carbocycles. The maximum Gasteiger partial charge on any atom is 0.335 e. The molecule has 3 rings (SSSR count). The Hall–Kier alpha value is -3.16. The molecule has 0 bridgehead atoms. The molecule has 7 heteroatoms. The summed E-state index contributed by atoms with van der Waals surface area (Å²) in [5, 5.41) is 9.08. The first-order chi connectivity index (χ1) is 14.3. The summed E-state index contributed by atoms with van der Waals surface area (Å²) in [6, 6.07) is 20.2. The first kappa shape index (κ1) is 21.5. The lowest BCUT2D eigenvalue weighted by Gasteiger charge is -2.24. The molecular formula is C23H23NO5S. The average Bonchev–Trinajstić information content (AvgIpc) is 2.75. The minimum absolute atomic E-state index is 0.0313. The number of benzene rings is 3. The van der Waals surface area contributed by atoms with E-state index in [4.69, 9.17) is 9.84 Å². The lowest BCUT2D eigenvalue weighted by atomic mass is 10.1. The molecule has 0 amide bonds. The zero-order chi connectivity index (χ0) is 21.7. The van der Waals surface area contributed by atoms with Crippen molar-refractivity contribution in [2.75, 3.05) is 7.11 Å². The summed E-state index contributed by atoms with van der Waals surface area (Å²) in [5.41, 5.74) is 2.63. The van der Waals surface area contributed by atoms with Gasteiger partial charge >= 0.3 is 5.97 Å². The smallest absolute Gasteiger partial charge is 0.335 e. The third-order valence-electron chi connectivity index (χ3n) is 4.73. The van der Waals surface area contributed by atoms with E-state index in [1.54, 1.807) is 7.11 Å². The molecule has 3 aromatic carbocycles. The highest BCUT2D eigenvalue weighted by Crippen LogP contribution is 2.26. The monoisotopic (exact) mass is 425 g/mol. The molecule has 0 aliphatic heterocycles. The Morgan fingerprint density at radius 1 is 0.967 bits per heavy atom. The number of carboxylic acids is 1. The number of ether oxygens (including phenoxy) is 1. The highest BCUT2D eigenvalue weighted by Gasteiger charge is 2.26. The average molecular weight is 426 g/mol. The van der Waals surface area contributed by atoms with Gasteiger partial charge in [-0.2, -0.15) is 4.31 Å². The third-order valence-corrected chi connectivity index (χ3v) is 6.54. The van der Waals surface area contributed by atoms with Gasteiger partial charge in [-0.1, -0.05) is 42.5 Å². The highest BCUT2D eigenvalue weighted by atomic mass is 32.2. The first-order valence-corrected chi connectivity index (χ1v) is 10.8. The van der Waals surface area contributed by atoms with Gasteiger partial charge in [-0.25, -0.2) is 13.2 Å². The lowest BCUT2D eigenvalue weighted by molar-refractivity contribution is 0.0696. The Morgan fingerprint density at radius 2 is 1.63 bits per heavy atom. The topological polar surface area (TPSA) is 83.9 Å². The molecule has 156 valence electrons. The van der Waals surface area contributed by atoms with Crippen LogP contribution in [0, 0.1) is 6.92 Å². The second kappa shape index (κ2) is 9.11. The van der Waals surface area contributed by atoms with Crippen LogP contribution in [0.25, 0.3) is 0 Å². The van der Waals surface area contributed by atoms with Crippen LogP contribution in [0.3, 0.4) is 0 Å². The van der Waals surface area contributed by atoms with Gasteiger partial charge in [-0.3, -0.25) is 0 Å². The van der Waals surface area contributed by atoms with Crippen molar-refractivity contribution in [3.8, 4) is 5.75 Å². The van der Waals surface area contributed by atoms with Crippen molar-refractivity contribution in [2.45, 2.75) is 24.9 Å². The molecule has 0 spiro atoms. The van der Waals surface area contributed by atoms with Gasteiger partial charge in [-0.05, 0) is 48.4 Å². The van der Waals surface area contributed by atoms with Crippen LogP contribution in [-0.2, 0) is 23.1 Å². The molecule has 6 nitrogen and oxygen atoms in total. The number of rotatable bonds is 8. The molecule has 0 aromatic heterocycles. The predicted molar refractivity (Wildman–Crippen MR) is 114 cm³/mol.